The molecule has 2 heterocycles. The highest BCUT2D eigenvalue weighted by atomic mass is 32.2. The van der Waals surface area contributed by atoms with Gasteiger partial charge in [0.05, 0.1) is 6.61 Å². The summed E-state index contributed by atoms with van der Waals surface area (Å²) in [6.07, 6.45) is 0. The predicted octanol–water partition coefficient (Wildman–Crippen LogP) is 1.20. The summed E-state index contributed by atoms with van der Waals surface area (Å²) in [5, 5.41) is 8.77. The molecule has 0 amide bonds. The maximum atomic E-state index is 12.2. The topological polar surface area (TPSA) is 70.5 Å². The van der Waals surface area contributed by atoms with Crippen LogP contribution in [0.15, 0.2) is 12.1 Å². The quantitative estimate of drug-likeness (QED) is 0.900. The summed E-state index contributed by atoms with van der Waals surface area (Å²) in [5.41, 5.74) is 1.55. The first-order chi connectivity index (χ1) is 9.47. The first-order valence-electron chi connectivity index (χ1n) is 6.62. The molecule has 1 N–H and O–H groups in total. The Morgan fingerprint density at radius 2 is 2.25 bits per heavy atom. The van der Waals surface area contributed by atoms with E-state index in [2.05, 4.69) is 4.98 Å². The number of aliphatic hydroxyl groups excluding tert-OH is 1. The fourth-order valence-electron chi connectivity index (χ4n) is 2.29. The van der Waals surface area contributed by atoms with Crippen molar-refractivity contribution in [1.82, 2.24) is 4.98 Å². The van der Waals surface area contributed by atoms with Crippen LogP contribution in [0, 0.1) is 6.92 Å². The Kier molecular flexibility index (Phi) is 4.93. The molecule has 0 aromatic carbocycles. The van der Waals surface area contributed by atoms with E-state index in [1.807, 2.05) is 17.9 Å². The van der Waals surface area contributed by atoms with Crippen LogP contribution in [0.4, 0.5) is 5.82 Å². The van der Waals surface area contributed by atoms with Crippen LogP contribution in [-0.2, 0) is 16.4 Å². The number of anilines is 1. The van der Waals surface area contributed by atoms with Crippen LogP contribution in [0.25, 0.3) is 0 Å². The summed E-state index contributed by atoms with van der Waals surface area (Å²) in [6.45, 7) is 4.13. The number of pyridine rings is 1. The second-order valence-corrected chi connectivity index (χ2v) is 8.40. The van der Waals surface area contributed by atoms with Crippen LogP contribution in [-0.4, -0.2) is 47.7 Å². The van der Waals surface area contributed by atoms with Crippen molar-refractivity contribution in [2.75, 3.05) is 28.7 Å². The lowest BCUT2D eigenvalue weighted by molar-refractivity contribution is 0.281. The smallest absolute Gasteiger partial charge is 0.171 e. The maximum Gasteiger partial charge on any atom is 0.171 e. The molecule has 1 saturated heterocycles. The van der Waals surface area contributed by atoms with Crippen LogP contribution in [0.2, 0.25) is 0 Å². The van der Waals surface area contributed by atoms with Crippen LogP contribution in [0.3, 0.4) is 0 Å². The number of aryl methyl sites for hydroxylation is 1. The van der Waals surface area contributed by atoms with E-state index >= 15 is 0 Å². The maximum absolute atomic E-state index is 12.2. The van der Waals surface area contributed by atoms with Gasteiger partial charge in [-0.2, -0.15) is 11.8 Å². The van der Waals surface area contributed by atoms with Gasteiger partial charge in [-0.25, -0.2) is 13.4 Å². The molecule has 1 aliphatic rings. The minimum absolute atomic E-state index is 0.0653. The molecule has 1 fully saturated rings. The van der Waals surface area contributed by atoms with Crippen molar-refractivity contribution in [2.24, 2.45) is 0 Å². The van der Waals surface area contributed by atoms with E-state index in [9.17, 15) is 13.5 Å². The molecular weight excluding hydrogens is 296 g/mol. The van der Waals surface area contributed by atoms with Gasteiger partial charge in [-0.05, 0) is 24.6 Å². The Hall–Kier alpha value is -0.790. The van der Waals surface area contributed by atoms with Crippen LogP contribution < -0.4 is 4.90 Å². The largest absolute Gasteiger partial charge is 0.392 e. The molecule has 5 nitrogen and oxygen atoms in total. The average Bonchev–Trinajstić information content (AvgIpc) is 2.46. The highest BCUT2D eigenvalue weighted by Gasteiger charge is 2.33. The number of hydrogen-bond donors (Lipinski definition) is 1. The molecule has 20 heavy (non-hydrogen) atoms. The molecule has 7 heteroatoms. The van der Waals surface area contributed by atoms with E-state index in [4.69, 9.17) is 0 Å². The molecule has 112 valence electrons. The van der Waals surface area contributed by atoms with Crippen molar-refractivity contribution in [3.05, 3.63) is 23.4 Å². The molecule has 0 aliphatic carbocycles. The van der Waals surface area contributed by atoms with Gasteiger partial charge in [0, 0.05) is 29.5 Å². The summed E-state index contributed by atoms with van der Waals surface area (Å²) >= 11 is 1.66. The van der Waals surface area contributed by atoms with Gasteiger partial charge in [0.2, 0.25) is 0 Å². The highest BCUT2D eigenvalue weighted by Crippen LogP contribution is 2.27. The molecule has 0 bridgehead atoms. The Labute approximate surface area is 124 Å². The molecule has 0 saturated carbocycles. The van der Waals surface area contributed by atoms with E-state index in [0.29, 0.717) is 18.1 Å². The van der Waals surface area contributed by atoms with Crippen molar-refractivity contribution in [1.29, 1.82) is 0 Å². The fourth-order valence-corrected chi connectivity index (χ4v) is 5.27. The molecule has 1 unspecified atom stereocenters. The average molecular weight is 316 g/mol. The minimum atomic E-state index is -3.15. The van der Waals surface area contributed by atoms with E-state index < -0.39 is 15.2 Å². The zero-order valence-electron chi connectivity index (χ0n) is 11.7. The molecule has 1 aromatic rings. The molecule has 0 radical (unpaired) electrons. The summed E-state index contributed by atoms with van der Waals surface area (Å²) in [4.78, 5) is 6.31. The summed E-state index contributed by atoms with van der Waals surface area (Å²) in [7, 11) is -3.15. The molecule has 1 atom stereocenters. The standard InChI is InChI=1S/C13H20N2O3S2/c1-3-20(17,18)13-9-19-5-4-15(13)12-7-11(8-16)6-10(2)14-12/h6-7,13,16H,3-5,8-9H2,1-2H3. The van der Waals surface area contributed by atoms with Crippen molar-refractivity contribution >= 4 is 27.4 Å². The van der Waals surface area contributed by atoms with Crippen molar-refractivity contribution in [2.45, 2.75) is 25.8 Å². The normalized spacial score (nSPS) is 20.1. The fraction of sp³-hybridized carbons (Fsp3) is 0.615. The van der Waals surface area contributed by atoms with Gasteiger partial charge in [-0.15, -0.1) is 0 Å². The Bertz CT molecular complexity index is 575. The molecule has 1 aliphatic heterocycles. The highest BCUT2D eigenvalue weighted by molar-refractivity contribution is 8.01. The zero-order chi connectivity index (χ0) is 14.8. The lowest BCUT2D eigenvalue weighted by atomic mass is 10.2. The van der Waals surface area contributed by atoms with Gasteiger partial charge in [-0.3, -0.25) is 0 Å². The number of nitrogens with zero attached hydrogens (tertiary/aromatic N) is 2. The lowest BCUT2D eigenvalue weighted by Crippen LogP contribution is -2.48. The summed E-state index contributed by atoms with van der Waals surface area (Å²) in [6, 6.07) is 3.59. The Balaban J connectivity index is 2.40. The summed E-state index contributed by atoms with van der Waals surface area (Å²) in [5.74, 6) is 2.24. The van der Waals surface area contributed by atoms with Crippen LogP contribution in [0.1, 0.15) is 18.2 Å². The van der Waals surface area contributed by atoms with Crippen molar-refractivity contribution in [3.63, 3.8) is 0 Å². The Morgan fingerprint density at radius 3 is 2.90 bits per heavy atom. The Morgan fingerprint density at radius 1 is 1.50 bits per heavy atom. The lowest BCUT2D eigenvalue weighted by Gasteiger charge is -2.35. The van der Waals surface area contributed by atoms with Crippen LogP contribution >= 0.6 is 11.8 Å². The summed E-state index contributed by atoms with van der Waals surface area (Å²) < 4.78 is 24.5. The number of rotatable bonds is 4. The minimum Gasteiger partial charge on any atom is -0.392 e. The second-order valence-electron chi connectivity index (χ2n) is 4.81. The monoisotopic (exact) mass is 316 g/mol. The predicted molar refractivity (Wildman–Crippen MR) is 82.8 cm³/mol. The van der Waals surface area contributed by atoms with E-state index in [1.165, 1.54) is 0 Å². The molecule has 2 rings (SSSR count). The number of hydrogen-bond acceptors (Lipinski definition) is 6. The van der Waals surface area contributed by atoms with Gasteiger partial charge in [0.15, 0.2) is 9.84 Å². The second kappa shape index (κ2) is 6.32. The third kappa shape index (κ3) is 3.27. The van der Waals surface area contributed by atoms with E-state index in [0.717, 1.165) is 17.0 Å². The third-order valence-electron chi connectivity index (χ3n) is 3.38. The van der Waals surface area contributed by atoms with Gasteiger partial charge >= 0.3 is 0 Å². The van der Waals surface area contributed by atoms with Crippen molar-refractivity contribution in [3.8, 4) is 0 Å². The SMILES string of the molecule is CCS(=O)(=O)C1CSCCN1c1cc(CO)cc(C)n1. The van der Waals surface area contributed by atoms with Gasteiger partial charge < -0.3 is 10.0 Å². The van der Waals surface area contributed by atoms with Gasteiger partial charge in [0.1, 0.15) is 11.2 Å². The molecular formula is C13H20N2O3S2. The number of sulfone groups is 1. The molecule has 0 spiro atoms. The third-order valence-corrected chi connectivity index (χ3v) is 6.67. The van der Waals surface area contributed by atoms with Gasteiger partial charge in [-0.1, -0.05) is 6.92 Å². The van der Waals surface area contributed by atoms with Crippen LogP contribution in [0.5, 0.6) is 0 Å². The van der Waals surface area contributed by atoms with Crippen molar-refractivity contribution < 1.29 is 13.5 Å². The number of aliphatic hydroxyl groups is 1. The molecule has 1 aromatic heterocycles. The number of aromatic nitrogens is 1. The van der Waals surface area contributed by atoms with E-state index in [-0.39, 0.29) is 12.4 Å². The first-order valence-corrected chi connectivity index (χ1v) is 9.49. The van der Waals surface area contributed by atoms with E-state index in [1.54, 1.807) is 24.8 Å². The number of thioether (sulfide) groups is 1. The first kappa shape index (κ1) is 15.6. The van der Waals surface area contributed by atoms with Gasteiger partial charge in [0.25, 0.3) is 0 Å². The zero-order valence-corrected chi connectivity index (χ0v) is 13.4.